The molecule has 0 radical (unpaired) electrons. The number of amides is 1. The monoisotopic (exact) mass is 332 g/mol. The Morgan fingerprint density at radius 2 is 1.96 bits per heavy atom. The summed E-state index contributed by atoms with van der Waals surface area (Å²) in [6.45, 7) is 1.96. The highest BCUT2D eigenvalue weighted by molar-refractivity contribution is 6.31. The molecule has 0 bridgehead atoms. The van der Waals surface area contributed by atoms with E-state index in [9.17, 15) is 9.18 Å². The highest BCUT2D eigenvalue weighted by Crippen LogP contribution is 2.29. The lowest BCUT2D eigenvalue weighted by Crippen LogP contribution is -2.49. The number of nitrogens with one attached hydrogen (secondary N) is 1. The molecule has 2 aromatic rings. The van der Waals surface area contributed by atoms with Gasteiger partial charge in [0.25, 0.3) is 0 Å². The average Bonchev–Trinajstić information content (AvgIpc) is 2.57. The van der Waals surface area contributed by atoms with Crippen LogP contribution >= 0.6 is 11.6 Å². The fourth-order valence-electron chi connectivity index (χ4n) is 2.93. The average molecular weight is 333 g/mol. The summed E-state index contributed by atoms with van der Waals surface area (Å²) < 4.78 is 13.8. The van der Waals surface area contributed by atoms with Crippen molar-refractivity contribution in [2.24, 2.45) is 0 Å². The zero-order valence-electron chi connectivity index (χ0n) is 12.6. The van der Waals surface area contributed by atoms with Crippen LogP contribution < -0.4 is 5.32 Å². The van der Waals surface area contributed by atoms with Gasteiger partial charge in [-0.15, -0.1) is 0 Å². The Bertz CT molecular complexity index is 707. The number of carbonyl (C=O) groups excluding carboxylic acids is 1. The molecule has 0 aliphatic carbocycles. The first-order chi connectivity index (χ1) is 11.2. The third kappa shape index (κ3) is 3.54. The summed E-state index contributed by atoms with van der Waals surface area (Å²) in [5.74, 6) is -0.424. The number of hydrogen-bond donors (Lipinski definition) is 1. The molecule has 1 amide bonds. The van der Waals surface area contributed by atoms with Crippen molar-refractivity contribution in [3.8, 4) is 0 Å². The zero-order chi connectivity index (χ0) is 16.2. The number of carbonyl (C=O) groups is 1. The topological polar surface area (TPSA) is 32.3 Å². The molecule has 1 heterocycles. The molecule has 1 unspecified atom stereocenters. The van der Waals surface area contributed by atoms with Crippen LogP contribution in [0.4, 0.5) is 4.39 Å². The number of rotatable bonds is 3. The smallest absolute Gasteiger partial charge is 0.227 e. The van der Waals surface area contributed by atoms with E-state index in [1.807, 2.05) is 24.3 Å². The predicted octanol–water partition coefficient (Wildman–Crippen LogP) is 3.19. The lowest BCUT2D eigenvalue weighted by Gasteiger charge is -2.37. The fraction of sp³-hybridized carbons (Fsp3) is 0.278. The van der Waals surface area contributed by atoms with E-state index in [-0.39, 0.29) is 24.2 Å². The van der Waals surface area contributed by atoms with Crippen molar-refractivity contribution in [3.05, 3.63) is 70.5 Å². The van der Waals surface area contributed by atoms with Crippen LogP contribution in [0, 0.1) is 5.82 Å². The second-order valence-electron chi connectivity index (χ2n) is 5.60. The van der Waals surface area contributed by atoms with Gasteiger partial charge in [0.2, 0.25) is 5.91 Å². The summed E-state index contributed by atoms with van der Waals surface area (Å²) in [4.78, 5) is 14.5. The fourth-order valence-corrected chi connectivity index (χ4v) is 3.19. The summed E-state index contributed by atoms with van der Waals surface area (Å²) in [6, 6.07) is 13.8. The maximum Gasteiger partial charge on any atom is 0.227 e. The maximum absolute atomic E-state index is 13.8. The van der Waals surface area contributed by atoms with Crippen LogP contribution in [0.5, 0.6) is 0 Å². The molecule has 1 N–H and O–H groups in total. The molecular formula is C18H18ClFN2O. The summed E-state index contributed by atoms with van der Waals surface area (Å²) in [5, 5.41) is 3.94. The molecule has 1 aliphatic rings. The van der Waals surface area contributed by atoms with E-state index in [2.05, 4.69) is 5.32 Å². The van der Waals surface area contributed by atoms with Crippen molar-refractivity contribution in [1.29, 1.82) is 0 Å². The van der Waals surface area contributed by atoms with Gasteiger partial charge in [0.15, 0.2) is 0 Å². The van der Waals surface area contributed by atoms with Gasteiger partial charge in [-0.25, -0.2) is 4.39 Å². The molecule has 3 nitrogen and oxygen atoms in total. The number of halogens is 2. The molecule has 0 saturated carbocycles. The van der Waals surface area contributed by atoms with E-state index in [4.69, 9.17) is 11.6 Å². The largest absolute Gasteiger partial charge is 0.333 e. The van der Waals surface area contributed by atoms with Gasteiger partial charge >= 0.3 is 0 Å². The summed E-state index contributed by atoms with van der Waals surface area (Å²) in [5.41, 5.74) is 1.34. The van der Waals surface area contributed by atoms with Crippen LogP contribution in [0.3, 0.4) is 0 Å². The molecule has 120 valence electrons. The lowest BCUT2D eigenvalue weighted by molar-refractivity contribution is -0.133. The van der Waals surface area contributed by atoms with Gasteiger partial charge in [-0.3, -0.25) is 4.79 Å². The van der Waals surface area contributed by atoms with Crippen LogP contribution in [0.25, 0.3) is 0 Å². The third-order valence-electron chi connectivity index (χ3n) is 4.13. The Balaban J connectivity index is 1.83. The minimum absolute atomic E-state index is 0.0631. The van der Waals surface area contributed by atoms with E-state index < -0.39 is 0 Å². The highest BCUT2D eigenvalue weighted by atomic mass is 35.5. The van der Waals surface area contributed by atoms with E-state index in [0.29, 0.717) is 23.7 Å². The van der Waals surface area contributed by atoms with Crippen molar-refractivity contribution < 1.29 is 9.18 Å². The van der Waals surface area contributed by atoms with Gasteiger partial charge in [0.1, 0.15) is 5.82 Å². The minimum atomic E-state index is -0.342. The van der Waals surface area contributed by atoms with Gasteiger partial charge < -0.3 is 10.2 Å². The molecule has 1 aliphatic heterocycles. The Morgan fingerprint density at radius 3 is 2.74 bits per heavy atom. The molecule has 2 aromatic carbocycles. The van der Waals surface area contributed by atoms with Gasteiger partial charge in [-0.2, -0.15) is 0 Å². The van der Waals surface area contributed by atoms with E-state index in [1.54, 1.807) is 23.1 Å². The minimum Gasteiger partial charge on any atom is -0.333 e. The highest BCUT2D eigenvalue weighted by Gasteiger charge is 2.29. The molecule has 1 atom stereocenters. The van der Waals surface area contributed by atoms with Crippen molar-refractivity contribution in [2.45, 2.75) is 12.5 Å². The van der Waals surface area contributed by atoms with Crippen LogP contribution in [-0.2, 0) is 11.2 Å². The maximum atomic E-state index is 13.8. The SMILES string of the molecule is O=C(Cc1ccccc1F)N1CCNCC1c1ccccc1Cl. The van der Waals surface area contributed by atoms with Crippen molar-refractivity contribution in [2.75, 3.05) is 19.6 Å². The number of benzene rings is 2. The first-order valence-electron chi connectivity index (χ1n) is 7.65. The van der Waals surface area contributed by atoms with Gasteiger partial charge in [0.05, 0.1) is 12.5 Å². The number of nitrogens with zero attached hydrogens (tertiary/aromatic N) is 1. The van der Waals surface area contributed by atoms with Crippen LogP contribution in [0.2, 0.25) is 5.02 Å². The zero-order valence-corrected chi connectivity index (χ0v) is 13.4. The van der Waals surface area contributed by atoms with Crippen LogP contribution in [0.15, 0.2) is 48.5 Å². The third-order valence-corrected chi connectivity index (χ3v) is 4.47. The normalized spacial score (nSPS) is 18.0. The molecular weight excluding hydrogens is 315 g/mol. The van der Waals surface area contributed by atoms with Crippen molar-refractivity contribution >= 4 is 17.5 Å². The van der Waals surface area contributed by atoms with Gasteiger partial charge in [-0.05, 0) is 23.3 Å². The molecule has 5 heteroatoms. The van der Waals surface area contributed by atoms with E-state index >= 15 is 0 Å². The number of hydrogen-bond acceptors (Lipinski definition) is 2. The number of piperazine rings is 1. The Hall–Kier alpha value is -1.91. The van der Waals surface area contributed by atoms with Crippen LogP contribution in [0.1, 0.15) is 17.2 Å². The quantitative estimate of drug-likeness (QED) is 0.936. The molecule has 1 saturated heterocycles. The first-order valence-corrected chi connectivity index (χ1v) is 8.02. The Morgan fingerprint density at radius 1 is 1.22 bits per heavy atom. The standard InChI is InChI=1S/C18H18ClFN2O/c19-15-7-3-2-6-14(15)17-12-21-9-10-22(17)18(23)11-13-5-1-4-8-16(13)20/h1-8,17,21H,9-12H2. The van der Waals surface area contributed by atoms with E-state index in [1.165, 1.54) is 6.07 Å². The molecule has 3 rings (SSSR count). The van der Waals surface area contributed by atoms with Crippen molar-refractivity contribution in [3.63, 3.8) is 0 Å². The Kier molecular flexibility index (Phi) is 4.94. The molecule has 1 fully saturated rings. The lowest BCUT2D eigenvalue weighted by atomic mass is 10.0. The molecule has 0 aromatic heterocycles. The van der Waals surface area contributed by atoms with E-state index in [0.717, 1.165) is 12.1 Å². The van der Waals surface area contributed by atoms with Crippen molar-refractivity contribution in [1.82, 2.24) is 10.2 Å². The second-order valence-corrected chi connectivity index (χ2v) is 6.00. The summed E-state index contributed by atoms with van der Waals surface area (Å²) >= 11 is 6.29. The first kappa shape index (κ1) is 16.0. The predicted molar refractivity (Wildman–Crippen MR) is 88.9 cm³/mol. The second kappa shape index (κ2) is 7.11. The Labute approximate surface area is 140 Å². The molecule has 23 heavy (non-hydrogen) atoms. The van der Waals surface area contributed by atoms with Gasteiger partial charge in [0, 0.05) is 24.7 Å². The van der Waals surface area contributed by atoms with Crippen LogP contribution in [-0.4, -0.2) is 30.4 Å². The molecule has 0 spiro atoms. The van der Waals surface area contributed by atoms with Gasteiger partial charge in [-0.1, -0.05) is 48.0 Å². The summed E-state index contributed by atoms with van der Waals surface area (Å²) in [7, 11) is 0. The summed E-state index contributed by atoms with van der Waals surface area (Å²) in [6.07, 6.45) is 0.0631.